The van der Waals surface area contributed by atoms with Crippen LogP contribution < -0.4 is 5.32 Å². The number of carbonyl (C=O) groups is 2. The summed E-state index contributed by atoms with van der Waals surface area (Å²) in [6.45, 7) is 2.76. The van der Waals surface area contributed by atoms with Crippen LogP contribution in [0.2, 0.25) is 0 Å². The lowest BCUT2D eigenvalue weighted by Gasteiger charge is -2.15. The van der Waals surface area contributed by atoms with Crippen molar-refractivity contribution in [3.8, 4) is 0 Å². The highest BCUT2D eigenvalue weighted by atomic mass is 19.1. The first-order chi connectivity index (χ1) is 9.23. The Bertz CT molecular complexity index is 561. The molecule has 0 saturated carbocycles. The molecule has 20 heavy (non-hydrogen) atoms. The van der Waals surface area contributed by atoms with E-state index >= 15 is 0 Å². The largest absolute Gasteiger partial charge is 0.481 e. The zero-order valence-electron chi connectivity index (χ0n) is 10.8. The van der Waals surface area contributed by atoms with Crippen molar-refractivity contribution in [2.45, 2.75) is 13.8 Å². The molecule has 0 heterocycles. The van der Waals surface area contributed by atoms with E-state index in [0.717, 1.165) is 12.1 Å². The summed E-state index contributed by atoms with van der Waals surface area (Å²) in [6, 6.07) is 2.79. The minimum absolute atomic E-state index is 0.231. The molecule has 2 N–H and O–H groups in total. The van der Waals surface area contributed by atoms with Crippen molar-refractivity contribution in [2.24, 2.45) is 11.8 Å². The van der Waals surface area contributed by atoms with Crippen LogP contribution in [0, 0.1) is 27.8 Å². The SMILES string of the molecule is CC(C(=O)O)C(C)C(=O)Nc1ccc([N+](=O)[O-])cc1F. The summed E-state index contributed by atoms with van der Waals surface area (Å²) in [5.74, 6) is -4.58. The van der Waals surface area contributed by atoms with Gasteiger partial charge in [0, 0.05) is 12.0 Å². The number of non-ortho nitro benzene ring substituents is 1. The van der Waals surface area contributed by atoms with Crippen molar-refractivity contribution < 1.29 is 24.0 Å². The van der Waals surface area contributed by atoms with E-state index in [1.165, 1.54) is 13.8 Å². The van der Waals surface area contributed by atoms with E-state index in [-0.39, 0.29) is 5.69 Å². The molecule has 1 aromatic rings. The molecular weight excluding hydrogens is 271 g/mol. The number of nitrogens with one attached hydrogen (secondary N) is 1. The van der Waals surface area contributed by atoms with Crippen LogP contribution in [-0.2, 0) is 9.59 Å². The van der Waals surface area contributed by atoms with Crippen molar-refractivity contribution in [3.63, 3.8) is 0 Å². The molecule has 1 aromatic carbocycles. The van der Waals surface area contributed by atoms with Gasteiger partial charge in [-0.3, -0.25) is 19.7 Å². The Labute approximate surface area is 113 Å². The normalized spacial score (nSPS) is 13.3. The van der Waals surface area contributed by atoms with Gasteiger partial charge in [0.15, 0.2) is 5.82 Å². The van der Waals surface area contributed by atoms with E-state index in [0.29, 0.717) is 6.07 Å². The molecule has 2 atom stereocenters. The number of amides is 1. The molecule has 0 spiro atoms. The van der Waals surface area contributed by atoms with Gasteiger partial charge in [-0.25, -0.2) is 4.39 Å². The Morgan fingerprint density at radius 1 is 1.35 bits per heavy atom. The molecule has 0 aliphatic heterocycles. The highest BCUT2D eigenvalue weighted by molar-refractivity contribution is 5.94. The van der Waals surface area contributed by atoms with Crippen molar-refractivity contribution in [1.29, 1.82) is 0 Å². The van der Waals surface area contributed by atoms with E-state index in [4.69, 9.17) is 5.11 Å². The molecule has 0 saturated heterocycles. The molecule has 8 heteroatoms. The number of carboxylic acid groups (broad SMARTS) is 1. The number of nitro benzene ring substituents is 1. The first-order valence-electron chi connectivity index (χ1n) is 5.71. The van der Waals surface area contributed by atoms with Gasteiger partial charge in [0.2, 0.25) is 5.91 Å². The average molecular weight is 284 g/mol. The Morgan fingerprint density at radius 3 is 2.40 bits per heavy atom. The number of benzene rings is 1. The van der Waals surface area contributed by atoms with Crippen LogP contribution in [0.3, 0.4) is 0 Å². The fourth-order valence-corrected chi connectivity index (χ4v) is 1.41. The van der Waals surface area contributed by atoms with Gasteiger partial charge in [-0.2, -0.15) is 0 Å². The number of anilines is 1. The number of carboxylic acids is 1. The standard InChI is InChI=1S/C12H13FN2O5/c1-6(7(2)12(17)18)11(16)14-10-4-3-8(15(19)20)5-9(10)13/h3-7H,1-2H3,(H,14,16)(H,17,18). The lowest BCUT2D eigenvalue weighted by atomic mass is 9.95. The highest BCUT2D eigenvalue weighted by Gasteiger charge is 2.26. The van der Waals surface area contributed by atoms with Gasteiger partial charge < -0.3 is 10.4 Å². The van der Waals surface area contributed by atoms with E-state index in [1.54, 1.807) is 0 Å². The lowest BCUT2D eigenvalue weighted by Crippen LogP contribution is -2.30. The number of nitrogens with zero attached hydrogens (tertiary/aromatic N) is 1. The maximum Gasteiger partial charge on any atom is 0.307 e. The van der Waals surface area contributed by atoms with Crippen LogP contribution in [0.25, 0.3) is 0 Å². The molecule has 0 aromatic heterocycles. The molecular formula is C12H13FN2O5. The summed E-state index contributed by atoms with van der Waals surface area (Å²) in [6.07, 6.45) is 0. The second-order valence-electron chi connectivity index (χ2n) is 4.33. The summed E-state index contributed by atoms with van der Waals surface area (Å²) in [7, 11) is 0. The summed E-state index contributed by atoms with van der Waals surface area (Å²) in [5, 5.41) is 21.4. The molecule has 0 fully saturated rings. The number of hydrogen-bond acceptors (Lipinski definition) is 4. The Balaban J connectivity index is 2.86. The monoisotopic (exact) mass is 284 g/mol. The first kappa shape index (κ1) is 15.5. The number of nitro groups is 1. The zero-order chi connectivity index (χ0) is 15.4. The van der Waals surface area contributed by atoms with E-state index in [9.17, 15) is 24.1 Å². The van der Waals surface area contributed by atoms with Crippen LogP contribution in [0.5, 0.6) is 0 Å². The third kappa shape index (κ3) is 3.50. The summed E-state index contributed by atoms with van der Waals surface area (Å²) in [5.41, 5.74) is -0.669. The predicted octanol–water partition coefficient (Wildman–Crippen LogP) is 2.03. The predicted molar refractivity (Wildman–Crippen MR) is 67.6 cm³/mol. The van der Waals surface area contributed by atoms with Gasteiger partial charge in [-0.15, -0.1) is 0 Å². The molecule has 108 valence electrons. The van der Waals surface area contributed by atoms with Gasteiger partial charge in [-0.1, -0.05) is 13.8 Å². The number of aliphatic carboxylic acids is 1. The van der Waals surface area contributed by atoms with Crippen molar-refractivity contribution in [2.75, 3.05) is 5.32 Å². The van der Waals surface area contributed by atoms with E-state index < -0.39 is 40.1 Å². The third-order valence-electron chi connectivity index (χ3n) is 2.97. The molecule has 0 aliphatic rings. The van der Waals surface area contributed by atoms with Gasteiger partial charge >= 0.3 is 5.97 Å². The summed E-state index contributed by atoms with van der Waals surface area (Å²) in [4.78, 5) is 32.2. The summed E-state index contributed by atoms with van der Waals surface area (Å²) < 4.78 is 13.6. The summed E-state index contributed by atoms with van der Waals surface area (Å²) >= 11 is 0. The fraction of sp³-hybridized carbons (Fsp3) is 0.333. The average Bonchev–Trinajstić information content (AvgIpc) is 2.38. The van der Waals surface area contributed by atoms with Gasteiger partial charge in [0.05, 0.1) is 22.6 Å². The quantitative estimate of drug-likeness (QED) is 0.635. The van der Waals surface area contributed by atoms with E-state index in [1.807, 2.05) is 0 Å². The second kappa shape index (κ2) is 6.09. The molecule has 0 radical (unpaired) electrons. The van der Waals surface area contributed by atoms with Crippen LogP contribution in [-0.4, -0.2) is 21.9 Å². The maximum atomic E-state index is 13.6. The second-order valence-corrected chi connectivity index (χ2v) is 4.33. The fourth-order valence-electron chi connectivity index (χ4n) is 1.41. The number of halogens is 1. The van der Waals surface area contributed by atoms with Crippen LogP contribution in [0.4, 0.5) is 15.8 Å². The number of hydrogen-bond donors (Lipinski definition) is 2. The minimum atomic E-state index is -1.14. The minimum Gasteiger partial charge on any atom is -0.481 e. The van der Waals surface area contributed by atoms with Gasteiger partial charge in [0.25, 0.3) is 5.69 Å². The number of rotatable bonds is 5. The molecule has 0 aliphatic carbocycles. The van der Waals surface area contributed by atoms with Crippen LogP contribution >= 0.6 is 0 Å². The Hall–Kier alpha value is -2.51. The van der Waals surface area contributed by atoms with Gasteiger partial charge in [-0.05, 0) is 6.07 Å². The third-order valence-corrected chi connectivity index (χ3v) is 2.97. The van der Waals surface area contributed by atoms with Crippen LogP contribution in [0.1, 0.15) is 13.8 Å². The molecule has 2 unspecified atom stereocenters. The van der Waals surface area contributed by atoms with E-state index in [2.05, 4.69) is 5.32 Å². The van der Waals surface area contributed by atoms with Crippen molar-refractivity contribution >= 4 is 23.3 Å². The zero-order valence-corrected chi connectivity index (χ0v) is 10.8. The molecule has 1 amide bonds. The Morgan fingerprint density at radius 2 is 1.95 bits per heavy atom. The van der Waals surface area contributed by atoms with Crippen molar-refractivity contribution in [3.05, 3.63) is 34.1 Å². The number of carbonyl (C=O) groups excluding carboxylic acids is 1. The molecule has 1 rings (SSSR count). The lowest BCUT2D eigenvalue weighted by molar-refractivity contribution is -0.385. The highest BCUT2D eigenvalue weighted by Crippen LogP contribution is 2.22. The smallest absolute Gasteiger partial charge is 0.307 e. The first-order valence-corrected chi connectivity index (χ1v) is 5.71. The maximum absolute atomic E-state index is 13.6. The van der Waals surface area contributed by atoms with Gasteiger partial charge in [0.1, 0.15) is 0 Å². The molecule has 0 bridgehead atoms. The van der Waals surface area contributed by atoms with Crippen molar-refractivity contribution in [1.82, 2.24) is 0 Å². The van der Waals surface area contributed by atoms with Crippen LogP contribution in [0.15, 0.2) is 18.2 Å². The Kier molecular flexibility index (Phi) is 4.73. The topological polar surface area (TPSA) is 110 Å². The molecule has 7 nitrogen and oxygen atoms in total.